The summed E-state index contributed by atoms with van der Waals surface area (Å²) in [5.74, 6) is -0.797. The zero-order chi connectivity index (χ0) is 15.3. The van der Waals surface area contributed by atoms with Crippen LogP contribution in [0.4, 0.5) is 8.78 Å². The molecule has 1 aromatic rings. The highest BCUT2D eigenvalue weighted by molar-refractivity contribution is 8.01. The van der Waals surface area contributed by atoms with Gasteiger partial charge in [-0.15, -0.1) is 0 Å². The molecular weight excluding hydrogens is 304 g/mol. The van der Waals surface area contributed by atoms with Crippen molar-refractivity contribution in [3.8, 4) is 0 Å². The number of benzene rings is 1. The lowest BCUT2D eigenvalue weighted by atomic mass is 9.77. The van der Waals surface area contributed by atoms with E-state index >= 15 is 0 Å². The minimum Gasteiger partial charge on any atom is -0.294 e. The Hall–Kier alpha value is -1.49. The van der Waals surface area contributed by atoms with Gasteiger partial charge in [-0.25, -0.2) is 8.78 Å². The summed E-state index contributed by atoms with van der Waals surface area (Å²) in [4.78, 5) is 17.2. The third kappa shape index (κ3) is 2.14. The zero-order valence-electron chi connectivity index (χ0n) is 11.9. The first-order valence-electron chi connectivity index (χ1n) is 7.55. The summed E-state index contributed by atoms with van der Waals surface area (Å²) in [6, 6.07) is 4.01. The molecule has 1 aromatic carbocycles. The van der Waals surface area contributed by atoms with Crippen LogP contribution in [-0.2, 0) is 4.79 Å². The Morgan fingerprint density at radius 1 is 1.14 bits per heavy atom. The number of rotatable bonds is 1. The minimum atomic E-state index is -0.852. The van der Waals surface area contributed by atoms with Crippen molar-refractivity contribution in [2.75, 3.05) is 5.75 Å². The van der Waals surface area contributed by atoms with Crippen LogP contribution >= 0.6 is 11.8 Å². The van der Waals surface area contributed by atoms with Crippen molar-refractivity contribution >= 4 is 23.3 Å². The van der Waals surface area contributed by atoms with E-state index in [1.54, 1.807) is 17.8 Å². The monoisotopic (exact) mass is 319 g/mol. The third-order valence-corrected chi connectivity index (χ3v) is 5.95. The molecule has 4 rings (SSSR count). The smallest absolute Gasteiger partial charge is 0.161 e. The second kappa shape index (κ2) is 5.30. The number of allylic oxidation sites excluding steroid dienone is 2. The quantitative estimate of drug-likeness (QED) is 0.782. The van der Waals surface area contributed by atoms with Gasteiger partial charge in [0.05, 0.1) is 5.25 Å². The van der Waals surface area contributed by atoms with Crippen molar-refractivity contribution in [1.82, 2.24) is 0 Å². The highest BCUT2D eigenvalue weighted by Crippen LogP contribution is 2.47. The number of Topliss-reactive ketones (excluding diaryl/α,β-unsaturated/α-hetero) is 1. The second-order valence-electron chi connectivity index (χ2n) is 5.93. The molecule has 3 aliphatic rings. The van der Waals surface area contributed by atoms with E-state index in [1.807, 2.05) is 0 Å². The summed E-state index contributed by atoms with van der Waals surface area (Å²) in [6.07, 6.45) is 3.08. The third-order valence-electron chi connectivity index (χ3n) is 4.61. The lowest BCUT2D eigenvalue weighted by molar-refractivity contribution is -0.116. The summed E-state index contributed by atoms with van der Waals surface area (Å²) in [5, 5.41) is 0.0886. The summed E-state index contributed by atoms with van der Waals surface area (Å²) in [5.41, 5.74) is 3.40. The predicted molar refractivity (Wildman–Crippen MR) is 83.3 cm³/mol. The van der Waals surface area contributed by atoms with E-state index in [1.165, 1.54) is 6.07 Å². The second-order valence-corrected chi connectivity index (χ2v) is 7.18. The van der Waals surface area contributed by atoms with Crippen LogP contribution in [0.2, 0.25) is 0 Å². The van der Waals surface area contributed by atoms with E-state index in [-0.39, 0.29) is 17.0 Å². The number of hydrogen-bond acceptors (Lipinski definition) is 3. The Morgan fingerprint density at radius 3 is 2.82 bits per heavy atom. The van der Waals surface area contributed by atoms with Crippen LogP contribution in [0.25, 0.3) is 0 Å². The van der Waals surface area contributed by atoms with Gasteiger partial charge in [-0.2, -0.15) is 11.8 Å². The van der Waals surface area contributed by atoms with Crippen LogP contribution < -0.4 is 0 Å². The van der Waals surface area contributed by atoms with Gasteiger partial charge >= 0.3 is 0 Å². The fourth-order valence-corrected chi connectivity index (χ4v) is 5.05. The van der Waals surface area contributed by atoms with Gasteiger partial charge in [0.2, 0.25) is 0 Å². The largest absolute Gasteiger partial charge is 0.294 e. The number of hydrogen-bond donors (Lipinski definition) is 0. The average Bonchev–Trinajstić information content (AvgIpc) is 2.96. The molecule has 5 heteroatoms. The molecule has 0 aromatic heterocycles. The number of halogens is 2. The molecule has 1 aliphatic carbocycles. The summed E-state index contributed by atoms with van der Waals surface area (Å²) in [6.45, 7) is 0. The van der Waals surface area contributed by atoms with Gasteiger partial charge in [0, 0.05) is 29.3 Å². The number of carbonyl (C=O) groups is 1. The molecule has 0 radical (unpaired) electrons. The standard InChI is InChI=1S/C17H15F2NOS/c18-10-5-4-9(8-11(10)19)15-16-12(2-1-3-14(16)21)20-13-6-7-22-17(13)15/h4-5,8,15,17H,1-3,6-7H2. The van der Waals surface area contributed by atoms with E-state index in [0.717, 1.165) is 48.1 Å². The number of aliphatic imine (C=N–C) groups is 1. The SMILES string of the molecule is O=C1CCCC2=C1C(c1ccc(F)c(F)c1)C1SCCC1=N2. The molecule has 2 nitrogen and oxygen atoms in total. The first-order chi connectivity index (χ1) is 10.6. The van der Waals surface area contributed by atoms with Crippen molar-refractivity contribution in [3.63, 3.8) is 0 Å². The lowest BCUT2D eigenvalue weighted by Crippen LogP contribution is -2.32. The number of ketones is 1. The van der Waals surface area contributed by atoms with E-state index in [9.17, 15) is 13.6 Å². The first kappa shape index (κ1) is 14.1. The van der Waals surface area contributed by atoms with Gasteiger partial charge in [0.25, 0.3) is 0 Å². The molecule has 1 saturated heterocycles. The maximum atomic E-state index is 13.7. The summed E-state index contributed by atoms with van der Waals surface area (Å²) >= 11 is 1.76. The number of carbonyl (C=O) groups excluding carboxylic acids is 1. The highest BCUT2D eigenvalue weighted by atomic mass is 32.2. The topological polar surface area (TPSA) is 29.4 Å². The molecule has 2 unspecified atom stereocenters. The van der Waals surface area contributed by atoms with Crippen LogP contribution in [0.1, 0.15) is 37.2 Å². The van der Waals surface area contributed by atoms with Crippen LogP contribution in [0.5, 0.6) is 0 Å². The van der Waals surface area contributed by atoms with Crippen LogP contribution in [0.3, 0.4) is 0 Å². The van der Waals surface area contributed by atoms with E-state index < -0.39 is 11.6 Å². The maximum absolute atomic E-state index is 13.7. The molecule has 2 aliphatic heterocycles. The number of fused-ring (bicyclic) bond motifs is 1. The zero-order valence-corrected chi connectivity index (χ0v) is 12.8. The highest BCUT2D eigenvalue weighted by Gasteiger charge is 2.42. The van der Waals surface area contributed by atoms with Crippen molar-refractivity contribution < 1.29 is 13.6 Å². The normalized spacial score (nSPS) is 27.5. The molecule has 0 spiro atoms. The molecular formula is C17H15F2NOS. The van der Waals surface area contributed by atoms with Gasteiger partial charge in [-0.1, -0.05) is 6.07 Å². The van der Waals surface area contributed by atoms with Crippen LogP contribution in [-0.4, -0.2) is 22.5 Å². The van der Waals surface area contributed by atoms with Crippen LogP contribution in [0, 0.1) is 11.6 Å². The van der Waals surface area contributed by atoms with Crippen molar-refractivity contribution in [3.05, 3.63) is 46.7 Å². The maximum Gasteiger partial charge on any atom is 0.161 e. The fourth-order valence-electron chi connectivity index (χ4n) is 3.62. The van der Waals surface area contributed by atoms with E-state index in [2.05, 4.69) is 0 Å². The fraction of sp³-hybridized carbons (Fsp3) is 0.412. The van der Waals surface area contributed by atoms with Gasteiger partial charge in [0.1, 0.15) is 0 Å². The van der Waals surface area contributed by atoms with E-state index in [0.29, 0.717) is 12.0 Å². The molecule has 0 bridgehead atoms. The Balaban J connectivity index is 1.87. The first-order valence-corrected chi connectivity index (χ1v) is 8.60. The van der Waals surface area contributed by atoms with Gasteiger partial charge in [-0.05, 0) is 42.7 Å². The average molecular weight is 319 g/mol. The molecule has 0 saturated carbocycles. The molecule has 2 heterocycles. The Morgan fingerprint density at radius 2 is 2.00 bits per heavy atom. The number of thioether (sulfide) groups is 1. The Kier molecular flexibility index (Phi) is 3.40. The minimum absolute atomic E-state index is 0.0886. The Labute approximate surface area is 131 Å². The van der Waals surface area contributed by atoms with Gasteiger partial charge in [0.15, 0.2) is 17.4 Å². The van der Waals surface area contributed by atoms with Crippen molar-refractivity contribution in [2.45, 2.75) is 36.9 Å². The van der Waals surface area contributed by atoms with E-state index in [4.69, 9.17) is 4.99 Å². The predicted octanol–water partition coefficient (Wildman–Crippen LogP) is 4.02. The lowest BCUT2D eigenvalue weighted by Gasteiger charge is -2.33. The molecule has 0 amide bonds. The molecule has 1 fully saturated rings. The molecule has 22 heavy (non-hydrogen) atoms. The van der Waals surface area contributed by atoms with Gasteiger partial charge < -0.3 is 0 Å². The van der Waals surface area contributed by atoms with Gasteiger partial charge in [-0.3, -0.25) is 9.79 Å². The number of nitrogens with zero attached hydrogens (tertiary/aromatic N) is 1. The molecule has 2 atom stereocenters. The van der Waals surface area contributed by atoms with Crippen molar-refractivity contribution in [1.29, 1.82) is 0 Å². The van der Waals surface area contributed by atoms with Crippen LogP contribution in [0.15, 0.2) is 34.5 Å². The molecule has 0 N–H and O–H groups in total. The molecule has 114 valence electrons. The summed E-state index contributed by atoms with van der Waals surface area (Å²) in [7, 11) is 0. The Bertz CT molecular complexity index is 725. The summed E-state index contributed by atoms with van der Waals surface area (Å²) < 4.78 is 26.9. The van der Waals surface area contributed by atoms with Crippen molar-refractivity contribution in [2.24, 2.45) is 4.99 Å².